The van der Waals surface area contributed by atoms with Crippen LogP contribution in [0.25, 0.3) is 55.0 Å². The molecule has 0 saturated heterocycles. The van der Waals surface area contributed by atoms with Crippen molar-refractivity contribution in [1.29, 1.82) is 0 Å². The van der Waals surface area contributed by atoms with Gasteiger partial charge in [0.05, 0.1) is 16.7 Å². The van der Waals surface area contributed by atoms with Crippen molar-refractivity contribution >= 4 is 44.3 Å². The van der Waals surface area contributed by atoms with Crippen LogP contribution in [0.4, 0.5) is 0 Å². The van der Waals surface area contributed by atoms with Gasteiger partial charge in [0.25, 0.3) is 0 Å². The molecule has 0 spiro atoms. The molecule has 7 aromatic rings. The summed E-state index contributed by atoms with van der Waals surface area (Å²) in [4.78, 5) is 12.7. The predicted octanol–water partition coefficient (Wildman–Crippen LogP) is 10.1. The topological polar surface area (TPSA) is 25.8 Å². The van der Waals surface area contributed by atoms with Gasteiger partial charge in [-0.2, -0.15) is 0 Å². The summed E-state index contributed by atoms with van der Waals surface area (Å²) in [6.07, 6.45) is 1.85. The molecule has 0 fully saturated rings. The van der Waals surface area contributed by atoms with Crippen molar-refractivity contribution in [2.75, 3.05) is 0 Å². The Hall–Kier alpha value is -4.47. The average Bonchev–Trinajstić information content (AvgIpc) is 3.00. The van der Waals surface area contributed by atoms with Gasteiger partial charge in [-0.1, -0.05) is 117 Å². The zero-order chi connectivity index (χ0) is 26.8. The molecule has 40 heavy (non-hydrogen) atoms. The molecule has 8 rings (SSSR count). The Kier molecular flexibility index (Phi) is 5.14. The minimum Gasteiger partial charge on any atom is -0.254 e. The van der Waals surface area contributed by atoms with Crippen LogP contribution < -0.4 is 0 Å². The summed E-state index contributed by atoms with van der Waals surface area (Å²) in [6, 6.07) is 41.5. The first-order chi connectivity index (χ1) is 19.6. The van der Waals surface area contributed by atoms with Crippen LogP contribution in [-0.4, -0.2) is 9.97 Å². The summed E-state index contributed by atoms with van der Waals surface area (Å²) in [5, 5.41) is 4.62. The Labute approximate surface area is 237 Å². The standard InChI is InChI=1S/C37H26N2S/c1-37(2)29-13-5-6-14-31(29)40-32-15-7-12-28(34(32)37)27-20-18-23-9-3-4-11-26(23)33(27)30-21-19-25-17-16-24-10-8-22-38-35(24)36(25)39-30/h3-22H,1-2H3. The van der Waals surface area contributed by atoms with Crippen LogP contribution in [0.15, 0.2) is 131 Å². The molecule has 0 bridgehead atoms. The number of rotatable bonds is 2. The molecular weight excluding hydrogens is 504 g/mol. The van der Waals surface area contributed by atoms with Crippen LogP contribution >= 0.6 is 11.8 Å². The maximum absolute atomic E-state index is 5.33. The molecule has 3 heterocycles. The number of hydrogen-bond donors (Lipinski definition) is 0. The number of pyridine rings is 2. The van der Waals surface area contributed by atoms with Crippen LogP contribution in [-0.2, 0) is 5.41 Å². The van der Waals surface area contributed by atoms with Gasteiger partial charge in [-0.25, -0.2) is 4.98 Å². The zero-order valence-electron chi connectivity index (χ0n) is 22.3. The van der Waals surface area contributed by atoms with E-state index in [1.165, 1.54) is 48.4 Å². The number of aromatic nitrogens is 2. The zero-order valence-corrected chi connectivity index (χ0v) is 23.2. The molecular formula is C37H26N2S. The monoisotopic (exact) mass is 530 g/mol. The van der Waals surface area contributed by atoms with E-state index >= 15 is 0 Å². The third-order valence-corrected chi connectivity index (χ3v) is 9.48. The summed E-state index contributed by atoms with van der Waals surface area (Å²) in [6.45, 7) is 4.72. The van der Waals surface area contributed by atoms with E-state index in [4.69, 9.17) is 9.97 Å². The second kappa shape index (κ2) is 8.77. The van der Waals surface area contributed by atoms with Gasteiger partial charge in [0.15, 0.2) is 0 Å². The lowest BCUT2D eigenvalue weighted by molar-refractivity contribution is 0.609. The highest BCUT2D eigenvalue weighted by Crippen LogP contribution is 2.53. The molecule has 0 unspecified atom stereocenters. The summed E-state index contributed by atoms with van der Waals surface area (Å²) in [5.74, 6) is 0. The third kappa shape index (κ3) is 3.44. The molecule has 190 valence electrons. The lowest BCUT2D eigenvalue weighted by atomic mass is 9.74. The second-order valence-corrected chi connectivity index (χ2v) is 12.1. The molecule has 1 aliphatic heterocycles. The van der Waals surface area contributed by atoms with Crippen molar-refractivity contribution in [1.82, 2.24) is 9.97 Å². The second-order valence-electron chi connectivity index (χ2n) is 11.0. The van der Waals surface area contributed by atoms with Crippen molar-refractivity contribution in [2.45, 2.75) is 29.1 Å². The number of fused-ring (bicyclic) bond motifs is 6. The molecule has 0 amide bonds. The Morgan fingerprint density at radius 2 is 1.30 bits per heavy atom. The Bertz CT molecular complexity index is 2130. The lowest BCUT2D eigenvalue weighted by Gasteiger charge is -2.36. The molecule has 0 aliphatic carbocycles. The first-order valence-corrected chi connectivity index (χ1v) is 14.5. The Balaban J connectivity index is 1.45. The van der Waals surface area contributed by atoms with Crippen LogP contribution in [0, 0.1) is 0 Å². The minimum atomic E-state index is -0.145. The van der Waals surface area contributed by atoms with Crippen LogP contribution in [0.5, 0.6) is 0 Å². The van der Waals surface area contributed by atoms with Crippen molar-refractivity contribution in [2.24, 2.45) is 0 Å². The summed E-state index contributed by atoms with van der Waals surface area (Å²) in [7, 11) is 0. The van der Waals surface area contributed by atoms with Gasteiger partial charge in [0, 0.05) is 37.7 Å². The predicted molar refractivity (Wildman–Crippen MR) is 168 cm³/mol. The summed E-state index contributed by atoms with van der Waals surface area (Å²) >= 11 is 1.88. The third-order valence-electron chi connectivity index (χ3n) is 8.34. The number of hydrogen-bond acceptors (Lipinski definition) is 3. The van der Waals surface area contributed by atoms with Gasteiger partial charge in [-0.05, 0) is 57.3 Å². The summed E-state index contributed by atoms with van der Waals surface area (Å²) < 4.78 is 0. The van der Waals surface area contributed by atoms with Crippen LogP contribution in [0.2, 0.25) is 0 Å². The van der Waals surface area contributed by atoms with Crippen LogP contribution in [0.1, 0.15) is 25.0 Å². The van der Waals surface area contributed by atoms with Gasteiger partial charge in [0.1, 0.15) is 0 Å². The highest BCUT2D eigenvalue weighted by atomic mass is 32.2. The van der Waals surface area contributed by atoms with E-state index in [2.05, 4.69) is 123 Å². The largest absolute Gasteiger partial charge is 0.254 e. The van der Waals surface area contributed by atoms with Gasteiger partial charge in [-0.15, -0.1) is 0 Å². The molecule has 2 nitrogen and oxygen atoms in total. The average molecular weight is 531 g/mol. The van der Waals surface area contributed by atoms with Crippen molar-refractivity contribution < 1.29 is 0 Å². The Morgan fingerprint density at radius 1 is 0.575 bits per heavy atom. The van der Waals surface area contributed by atoms with Crippen LogP contribution in [0.3, 0.4) is 0 Å². The van der Waals surface area contributed by atoms with E-state index < -0.39 is 0 Å². The van der Waals surface area contributed by atoms with E-state index in [9.17, 15) is 0 Å². The molecule has 5 aromatic carbocycles. The highest BCUT2D eigenvalue weighted by Gasteiger charge is 2.35. The van der Waals surface area contributed by atoms with E-state index in [1.807, 2.05) is 24.0 Å². The SMILES string of the molecule is CC1(C)c2ccccc2Sc2cccc(-c3ccc4ccccc4c3-c3ccc4ccc5cccnc5c4n3)c21. The first kappa shape index (κ1) is 23.4. The molecule has 0 radical (unpaired) electrons. The molecule has 0 N–H and O–H groups in total. The van der Waals surface area contributed by atoms with E-state index in [1.54, 1.807) is 0 Å². The maximum atomic E-state index is 5.33. The fourth-order valence-electron chi connectivity index (χ4n) is 6.45. The molecule has 0 atom stereocenters. The molecule has 1 aliphatic rings. The quantitative estimate of drug-likeness (QED) is 0.208. The molecule has 2 aromatic heterocycles. The van der Waals surface area contributed by atoms with Gasteiger partial charge in [-0.3, -0.25) is 4.98 Å². The van der Waals surface area contributed by atoms with Gasteiger partial charge in [0.2, 0.25) is 0 Å². The molecule has 0 saturated carbocycles. The number of nitrogens with zero attached hydrogens (tertiary/aromatic N) is 2. The van der Waals surface area contributed by atoms with Crippen molar-refractivity contribution in [3.05, 3.63) is 133 Å². The first-order valence-electron chi connectivity index (χ1n) is 13.7. The maximum Gasteiger partial charge on any atom is 0.0972 e. The highest BCUT2D eigenvalue weighted by molar-refractivity contribution is 7.99. The van der Waals surface area contributed by atoms with Crippen molar-refractivity contribution in [3.63, 3.8) is 0 Å². The molecule has 3 heteroatoms. The van der Waals surface area contributed by atoms with E-state index in [0.29, 0.717) is 0 Å². The summed E-state index contributed by atoms with van der Waals surface area (Å²) in [5.41, 5.74) is 9.11. The van der Waals surface area contributed by atoms with E-state index in [-0.39, 0.29) is 5.41 Å². The minimum absolute atomic E-state index is 0.145. The smallest absolute Gasteiger partial charge is 0.0972 e. The normalized spacial score (nSPS) is 13.8. The Morgan fingerprint density at radius 3 is 2.23 bits per heavy atom. The van der Waals surface area contributed by atoms with Crippen molar-refractivity contribution in [3.8, 4) is 22.4 Å². The lowest BCUT2D eigenvalue weighted by Crippen LogP contribution is -2.24. The van der Waals surface area contributed by atoms with Gasteiger partial charge >= 0.3 is 0 Å². The fraction of sp³-hybridized carbons (Fsp3) is 0.0811. The van der Waals surface area contributed by atoms with Gasteiger partial charge < -0.3 is 0 Å². The fourth-order valence-corrected chi connectivity index (χ4v) is 7.88. The van der Waals surface area contributed by atoms with E-state index in [0.717, 1.165) is 27.5 Å². The number of benzene rings is 5.